The van der Waals surface area contributed by atoms with E-state index in [0.717, 1.165) is 6.07 Å². The molecule has 3 aromatic rings. The predicted octanol–water partition coefficient (Wildman–Crippen LogP) is 3.42. The second kappa shape index (κ2) is 5.80. The quantitative estimate of drug-likeness (QED) is 0.546. The summed E-state index contributed by atoms with van der Waals surface area (Å²) < 4.78 is 18.8. The van der Waals surface area contributed by atoms with Crippen LogP contribution in [0.25, 0.3) is 22.7 Å². The first-order chi connectivity index (χ1) is 11.0. The minimum atomic E-state index is -0.688. The molecule has 1 heterocycles. The number of benzene rings is 2. The van der Waals surface area contributed by atoms with E-state index < -0.39 is 16.4 Å². The van der Waals surface area contributed by atoms with Crippen LogP contribution >= 0.6 is 0 Å². The average molecular weight is 312 g/mol. The molecule has 6 nitrogen and oxygen atoms in total. The molecule has 0 aliphatic rings. The molecular formula is C16H9FN2O4. The normalized spacial score (nSPS) is 10.5. The summed E-state index contributed by atoms with van der Waals surface area (Å²) in [5, 5.41) is 10.7. The van der Waals surface area contributed by atoms with Gasteiger partial charge in [-0.05, 0) is 24.3 Å². The van der Waals surface area contributed by atoms with E-state index in [4.69, 9.17) is 4.42 Å². The van der Waals surface area contributed by atoms with Crippen LogP contribution in [0.5, 0.6) is 0 Å². The van der Waals surface area contributed by atoms with Gasteiger partial charge in [-0.2, -0.15) is 0 Å². The fourth-order valence-corrected chi connectivity index (χ4v) is 2.05. The standard InChI is InChI=1S/C16H9FN2O4/c17-13-4-2-1-3-12(13)16-18-14(9-15(20)23-16)10-5-7-11(8-6-10)19(21)22/h1-9H. The molecule has 0 unspecified atom stereocenters. The van der Waals surface area contributed by atoms with Crippen LogP contribution in [-0.2, 0) is 0 Å². The zero-order valence-electron chi connectivity index (χ0n) is 11.6. The van der Waals surface area contributed by atoms with Crippen molar-refractivity contribution in [3.63, 3.8) is 0 Å². The topological polar surface area (TPSA) is 86.2 Å². The smallest absolute Gasteiger partial charge is 0.339 e. The Morgan fingerprint density at radius 2 is 1.78 bits per heavy atom. The van der Waals surface area contributed by atoms with Crippen molar-refractivity contribution in [1.82, 2.24) is 4.98 Å². The Labute approximate surface area is 129 Å². The summed E-state index contributed by atoms with van der Waals surface area (Å²) in [5.74, 6) is -0.715. The number of nitro benzene ring substituents is 1. The zero-order valence-corrected chi connectivity index (χ0v) is 11.6. The molecule has 0 aliphatic heterocycles. The molecule has 2 aromatic carbocycles. The van der Waals surface area contributed by atoms with E-state index in [-0.39, 0.29) is 22.8 Å². The Morgan fingerprint density at radius 3 is 2.43 bits per heavy atom. The largest absolute Gasteiger partial charge is 0.403 e. The molecule has 0 saturated carbocycles. The van der Waals surface area contributed by atoms with Crippen molar-refractivity contribution in [3.8, 4) is 22.7 Å². The Bertz CT molecular complexity index is 935. The molecule has 23 heavy (non-hydrogen) atoms. The molecule has 0 amide bonds. The summed E-state index contributed by atoms with van der Waals surface area (Å²) in [6, 6.07) is 12.5. The molecule has 114 valence electrons. The Balaban J connectivity index is 2.09. The molecule has 0 N–H and O–H groups in total. The van der Waals surface area contributed by atoms with Gasteiger partial charge in [-0.25, -0.2) is 14.2 Å². The third kappa shape index (κ3) is 2.98. The monoisotopic (exact) mass is 312 g/mol. The van der Waals surface area contributed by atoms with E-state index in [1.807, 2.05) is 0 Å². The number of halogens is 1. The first kappa shape index (κ1) is 14.6. The van der Waals surface area contributed by atoms with Crippen LogP contribution in [0.1, 0.15) is 0 Å². The Hall–Kier alpha value is -3.35. The average Bonchev–Trinajstić information content (AvgIpc) is 2.55. The Morgan fingerprint density at radius 1 is 1.09 bits per heavy atom. The van der Waals surface area contributed by atoms with E-state index in [2.05, 4.69) is 4.98 Å². The maximum Gasteiger partial charge on any atom is 0.339 e. The first-order valence-electron chi connectivity index (χ1n) is 6.56. The van der Waals surface area contributed by atoms with E-state index >= 15 is 0 Å². The van der Waals surface area contributed by atoms with Crippen LogP contribution in [0.15, 0.2) is 63.8 Å². The molecule has 3 rings (SSSR count). The lowest BCUT2D eigenvalue weighted by molar-refractivity contribution is -0.384. The minimum Gasteiger partial charge on any atom is -0.403 e. The highest BCUT2D eigenvalue weighted by Gasteiger charge is 2.13. The van der Waals surface area contributed by atoms with Gasteiger partial charge in [-0.15, -0.1) is 0 Å². The molecule has 0 atom stereocenters. The van der Waals surface area contributed by atoms with Gasteiger partial charge >= 0.3 is 5.63 Å². The van der Waals surface area contributed by atoms with Gasteiger partial charge in [-0.1, -0.05) is 12.1 Å². The summed E-state index contributed by atoms with van der Waals surface area (Å²) >= 11 is 0. The summed E-state index contributed by atoms with van der Waals surface area (Å²) in [7, 11) is 0. The highest BCUT2D eigenvalue weighted by molar-refractivity contribution is 5.63. The van der Waals surface area contributed by atoms with E-state index in [1.165, 1.54) is 42.5 Å². The third-order valence-corrected chi connectivity index (χ3v) is 3.15. The highest BCUT2D eigenvalue weighted by atomic mass is 19.1. The fraction of sp³-hybridized carbons (Fsp3) is 0. The second-order valence-corrected chi connectivity index (χ2v) is 4.65. The van der Waals surface area contributed by atoms with Crippen molar-refractivity contribution in [1.29, 1.82) is 0 Å². The maximum absolute atomic E-state index is 13.8. The number of aromatic nitrogens is 1. The van der Waals surface area contributed by atoms with E-state index in [0.29, 0.717) is 5.56 Å². The fourth-order valence-electron chi connectivity index (χ4n) is 2.05. The molecule has 0 radical (unpaired) electrons. The van der Waals surface area contributed by atoms with Crippen molar-refractivity contribution >= 4 is 5.69 Å². The number of non-ortho nitro benzene ring substituents is 1. The number of nitro groups is 1. The number of nitrogens with zero attached hydrogens (tertiary/aromatic N) is 2. The van der Waals surface area contributed by atoms with Crippen LogP contribution in [0.4, 0.5) is 10.1 Å². The van der Waals surface area contributed by atoms with Crippen LogP contribution in [0, 0.1) is 15.9 Å². The third-order valence-electron chi connectivity index (χ3n) is 3.15. The van der Waals surface area contributed by atoms with Gasteiger partial charge in [-0.3, -0.25) is 10.1 Å². The number of hydrogen-bond donors (Lipinski definition) is 0. The van der Waals surface area contributed by atoms with Crippen LogP contribution in [-0.4, -0.2) is 9.91 Å². The molecule has 0 fully saturated rings. The van der Waals surface area contributed by atoms with E-state index in [9.17, 15) is 19.3 Å². The lowest BCUT2D eigenvalue weighted by Gasteiger charge is -2.04. The molecule has 0 aliphatic carbocycles. The van der Waals surface area contributed by atoms with Gasteiger partial charge in [0.1, 0.15) is 5.82 Å². The van der Waals surface area contributed by atoms with Gasteiger partial charge in [0.25, 0.3) is 5.69 Å². The lowest BCUT2D eigenvalue weighted by Crippen LogP contribution is -2.02. The number of rotatable bonds is 3. The lowest BCUT2D eigenvalue weighted by atomic mass is 10.1. The van der Waals surface area contributed by atoms with Gasteiger partial charge in [0, 0.05) is 17.7 Å². The maximum atomic E-state index is 13.8. The molecule has 0 saturated heterocycles. The van der Waals surface area contributed by atoms with Crippen molar-refractivity contribution in [2.24, 2.45) is 0 Å². The Kier molecular flexibility index (Phi) is 3.68. The van der Waals surface area contributed by atoms with Crippen LogP contribution < -0.4 is 5.63 Å². The highest BCUT2D eigenvalue weighted by Crippen LogP contribution is 2.24. The van der Waals surface area contributed by atoms with Gasteiger partial charge < -0.3 is 4.42 Å². The second-order valence-electron chi connectivity index (χ2n) is 4.65. The molecule has 1 aromatic heterocycles. The van der Waals surface area contributed by atoms with Crippen molar-refractivity contribution in [2.45, 2.75) is 0 Å². The SMILES string of the molecule is O=c1cc(-c2ccc([N+](=O)[O-])cc2)nc(-c2ccccc2F)o1. The van der Waals surface area contributed by atoms with Crippen LogP contribution in [0.2, 0.25) is 0 Å². The zero-order chi connectivity index (χ0) is 16.4. The van der Waals surface area contributed by atoms with Crippen molar-refractivity contribution in [3.05, 3.63) is 80.9 Å². The molecular weight excluding hydrogens is 303 g/mol. The van der Waals surface area contributed by atoms with E-state index in [1.54, 1.807) is 6.07 Å². The van der Waals surface area contributed by atoms with Crippen LogP contribution in [0.3, 0.4) is 0 Å². The van der Waals surface area contributed by atoms with Gasteiger partial charge in [0.15, 0.2) is 0 Å². The van der Waals surface area contributed by atoms with Gasteiger partial charge in [0.05, 0.1) is 22.2 Å². The first-order valence-corrected chi connectivity index (χ1v) is 6.56. The summed E-state index contributed by atoms with van der Waals surface area (Å²) in [6.07, 6.45) is 0. The minimum absolute atomic E-state index is 0.0633. The molecule has 0 bridgehead atoms. The van der Waals surface area contributed by atoms with Gasteiger partial charge in [0.2, 0.25) is 5.89 Å². The summed E-state index contributed by atoms with van der Waals surface area (Å²) in [4.78, 5) is 26.0. The number of hydrogen-bond acceptors (Lipinski definition) is 5. The molecule has 0 spiro atoms. The molecule has 7 heteroatoms. The predicted molar refractivity (Wildman–Crippen MR) is 80.3 cm³/mol. The van der Waals surface area contributed by atoms with Crippen molar-refractivity contribution in [2.75, 3.05) is 0 Å². The summed E-state index contributed by atoms with van der Waals surface area (Å²) in [6.45, 7) is 0. The summed E-state index contributed by atoms with van der Waals surface area (Å²) in [5.41, 5.74) is 0.0292. The van der Waals surface area contributed by atoms with Crippen molar-refractivity contribution < 1.29 is 13.7 Å².